The first-order valence-electron chi connectivity index (χ1n) is 10.1. The van der Waals surface area contributed by atoms with Crippen LogP contribution in [-0.2, 0) is 12.4 Å². The summed E-state index contributed by atoms with van der Waals surface area (Å²) in [6.45, 7) is 0. The summed E-state index contributed by atoms with van der Waals surface area (Å²) in [6, 6.07) is 20.0. The SMILES string of the molecule is N#C/C(=C\c1ccc2ccc3cccc4ccc1c2c34)c1cc(C(F)(F)F)cc(C(F)(F)F)c1. The Morgan fingerprint density at radius 3 is 1.76 bits per heavy atom. The first-order valence-corrected chi connectivity index (χ1v) is 10.1. The van der Waals surface area contributed by atoms with Gasteiger partial charge in [0.05, 0.1) is 22.8 Å². The van der Waals surface area contributed by atoms with Gasteiger partial charge in [-0.05, 0) is 67.7 Å². The Kier molecular flexibility index (Phi) is 4.80. The van der Waals surface area contributed by atoms with E-state index < -0.39 is 29.0 Å². The van der Waals surface area contributed by atoms with E-state index in [9.17, 15) is 31.6 Å². The van der Waals surface area contributed by atoms with Gasteiger partial charge in [-0.25, -0.2) is 0 Å². The van der Waals surface area contributed by atoms with Gasteiger partial charge in [0, 0.05) is 0 Å². The van der Waals surface area contributed by atoms with Crippen LogP contribution in [0.5, 0.6) is 0 Å². The highest BCUT2D eigenvalue weighted by molar-refractivity contribution is 6.24. The molecule has 0 bridgehead atoms. The molecule has 0 unspecified atom stereocenters. The number of hydrogen-bond acceptors (Lipinski definition) is 1. The molecule has 5 aromatic carbocycles. The molecule has 0 saturated heterocycles. The monoisotopic (exact) mass is 465 g/mol. The number of nitriles is 1. The Morgan fingerprint density at radius 1 is 0.676 bits per heavy atom. The van der Waals surface area contributed by atoms with Crippen molar-refractivity contribution in [3.8, 4) is 6.07 Å². The summed E-state index contributed by atoms with van der Waals surface area (Å²) in [5.74, 6) is 0. The number of nitrogens with zero attached hydrogens (tertiary/aromatic N) is 1. The lowest BCUT2D eigenvalue weighted by atomic mass is 9.90. The maximum Gasteiger partial charge on any atom is 0.416 e. The van der Waals surface area contributed by atoms with Crippen molar-refractivity contribution in [3.05, 3.63) is 95.1 Å². The van der Waals surface area contributed by atoms with Gasteiger partial charge in [0.1, 0.15) is 0 Å². The van der Waals surface area contributed by atoms with E-state index in [0.717, 1.165) is 32.3 Å². The molecule has 0 aromatic heterocycles. The summed E-state index contributed by atoms with van der Waals surface area (Å²) in [4.78, 5) is 0. The van der Waals surface area contributed by atoms with Crippen LogP contribution in [0.3, 0.4) is 0 Å². The first kappa shape index (κ1) is 21.8. The average molecular weight is 465 g/mol. The minimum atomic E-state index is -5.00. The standard InChI is InChI=1S/C27H13F6N/c28-26(29,30)21-11-19(12-22(13-21)27(31,32)33)20(14-34)10-18-7-6-17-5-4-15-2-1-3-16-8-9-23(18)25(17)24(15)16/h1-13H/b20-10+. The fourth-order valence-electron chi connectivity index (χ4n) is 4.33. The van der Waals surface area contributed by atoms with Crippen LogP contribution in [0.2, 0.25) is 0 Å². The summed E-state index contributed by atoms with van der Waals surface area (Å²) in [7, 11) is 0. The van der Waals surface area contributed by atoms with Crippen LogP contribution in [0.15, 0.2) is 72.8 Å². The molecule has 5 aromatic rings. The Bertz CT molecular complexity index is 1590. The van der Waals surface area contributed by atoms with Crippen LogP contribution < -0.4 is 0 Å². The van der Waals surface area contributed by atoms with Crippen molar-refractivity contribution in [1.82, 2.24) is 0 Å². The average Bonchev–Trinajstić information content (AvgIpc) is 2.80. The maximum absolute atomic E-state index is 13.3. The fourth-order valence-corrected chi connectivity index (χ4v) is 4.33. The Balaban J connectivity index is 1.76. The Morgan fingerprint density at radius 2 is 1.21 bits per heavy atom. The molecule has 0 saturated carbocycles. The van der Waals surface area contributed by atoms with E-state index in [1.165, 1.54) is 6.08 Å². The lowest BCUT2D eigenvalue weighted by molar-refractivity contribution is -0.143. The second-order valence-electron chi connectivity index (χ2n) is 7.98. The molecule has 1 nitrogen and oxygen atoms in total. The molecular formula is C27H13F6N. The number of hydrogen-bond donors (Lipinski definition) is 0. The minimum Gasteiger partial charge on any atom is -0.192 e. The van der Waals surface area contributed by atoms with Crippen LogP contribution in [0, 0.1) is 11.3 Å². The topological polar surface area (TPSA) is 23.8 Å². The van der Waals surface area contributed by atoms with E-state index in [-0.39, 0.29) is 11.6 Å². The lowest BCUT2D eigenvalue weighted by Gasteiger charge is -2.15. The molecule has 0 aliphatic rings. The molecule has 0 aliphatic heterocycles. The predicted molar refractivity (Wildman–Crippen MR) is 120 cm³/mol. The highest BCUT2D eigenvalue weighted by Gasteiger charge is 2.37. The van der Waals surface area contributed by atoms with Crippen molar-refractivity contribution >= 4 is 44.0 Å². The summed E-state index contributed by atoms with van der Waals surface area (Å²) in [6.07, 6.45) is -8.66. The number of alkyl halides is 6. The minimum absolute atomic E-state index is 0.0503. The maximum atomic E-state index is 13.3. The van der Waals surface area contributed by atoms with Crippen LogP contribution in [0.25, 0.3) is 44.0 Å². The largest absolute Gasteiger partial charge is 0.416 e. The molecule has 0 radical (unpaired) electrons. The quantitative estimate of drug-likeness (QED) is 0.111. The zero-order valence-electron chi connectivity index (χ0n) is 17.2. The summed E-state index contributed by atoms with van der Waals surface area (Å²) >= 11 is 0. The molecule has 0 atom stereocenters. The van der Waals surface area contributed by atoms with Crippen molar-refractivity contribution < 1.29 is 26.3 Å². The normalized spacial score (nSPS) is 13.1. The second-order valence-corrected chi connectivity index (χ2v) is 7.98. The highest BCUT2D eigenvalue weighted by atomic mass is 19.4. The van der Waals surface area contributed by atoms with Gasteiger partial charge >= 0.3 is 12.4 Å². The second kappa shape index (κ2) is 7.49. The molecule has 0 fully saturated rings. The smallest absolute Gasteiger partial charge is 0.192 e. The van der Waals surface area contributed by atoms with Crippen molar-refractivity contribution in [2.45, 2.75) is 12.4 Å². The van der Waals surface area contributed by atoms with E-state index in [1.807, 2.05) is 48.5 Å². The lowest BCUT2D eigenvalue weighted by Crippen LogP contribution is -2.11. The van der Waals surface area contributed by atoms with Crippen LogP contribution in [-0.4, -0.2) is 0 Å². The van der Waals surface area contributed by atoms with Crippen LogP contribution in [0.4, 0.5) is 26.3 Å². The van der Waals surface area contributed by atoms with Gasteiger partial charge in [-0.15, -0.1) is 0 Å². The van der Waals surface area contributed by atoms with Crippen molar-refractivity contribution in [2.24, 2.45) is 0 Å². The van der Waals surface area contributed by atoms with Gasteiger partial charge < -0.3 is 0 Å². The number of halogens is 6. The fraction of sp³-hybridized carbons (Fsp3) is 0.0741. The molecule has 7 heteroatoms. The molecule has 0 amide bonds. The van der Waals surface area contributed by atoms with Crippen LogP contribution >= 0.6 is 0 Å². The molecular weight excluding hydrogens is 452 g/mol. The summed E-state index contributed by atoms with van der Waals surface area (Å²) in [5, 5.41) is 15.3. The third kappa shape index (κ3) is 3.61. The van der Waals surface area contributed by atoms with E-state index in [0.29, 0.717) is 17.7 Å². The highest BCUT2D eigenvalue weighted by Crippen LogP contribution is 2.39. The van der Waals surface area contributed by atoms with E-state index >= 15 is 0 Å². The van der Waals surface area contributed by atoms with E-state index in [1.54, 1.807) is 12.1 Å². The number of allylic oxidation sites excluding steroid dienone is 1. The molecule has 0 N–H and O–H groups in total. The van der Waals surface area contributed by atoms with Gasteiger partial charge in [0.15, 0.2) is 0 Å². The van der Waals surface area contributed by atoms with E-state index in [4.69, 9.17) is 0 Å². The number of rotatable bonds is 2. The molecule has 168 valence electrons. The van der Waals surface area contributed by atoms with Gasteiger partial charge in [-0.3, -0.25) is 0 Å². The molecule has 0 heterocycles. The Hall–Kier alpha value is -4.05. The van der Waals surface area contributed by atoms with Gasteiger partial charge in [-0.1, -0.05) is 54.6 Å². The van der Waals surface area contributed by atoms with Gasteiger partial charge in [0.25, 0.3) is 0 Å². The molecule has 0 aliphatic carbocycles. The van der Waals surface area contributed by atoms with Crippen molar-refractivity contribution in [2.75, 3.05) is 0 Å². The molecule has 34 heavy (non-hydrogen) atoms. The van der Waals surface area contributed by atoms with Gasteiger partial charge in [-0.2, -0.15) is 31.6 Å². The van der Waals surface area contributed by atoms with E-state index in [2.05, 4.69) is 0 Å². The number of benzene rings is 5. The zero-order valence-corrected chi connectivity index (χ0v) is 17.2. The van der Waals surface area contributed by atoms with Crippen LogP contribution in [0.1, 0.15) is 22.3 Å². The Labute approximate surface area is 189 Å². The zero-order chi connectivity index (χ0) is 24.3. The third-order valence-electron chi connectivity index (χ3n) is 5.88. The van der Waals surface area contributed by atoms with Crippen molar-refractivity contribution in [1.29, 1.82) is 5.26 Å². The molecule has 5 rings (SSSR count). The third-order valence-corrected chi connectivity index (χ3v) is 5.88. The molecule has 0 spiro atoms. The summed E-state index contributed by atoms with van der Waals surface area (Å²) < 4.78 is 79.8. The predicted octanol–water partition coefficient (Wildman–Crippen LogP) is 8.69. The summed E-state index contributed by atoms with van der Waals surface area (Å²) in [5.41, 5.74) is -3.15. The van der Waals surface area contributed by atoms with Crippen molar-refractivity contribution in [3.63, 3.8) is 0 Å². The van der Waals surface area contributed by atoms with Gasteiger partial charge in [0.2, 0.25) is 0 Å². The first-order chi connectivity index (χ1) is 16.1.